The molecule has 0 unspecified atom stereocenters. The van der Waals surface area contributed by atoms with Crippen LogP contribution in [0.25, 0.3) is 0 Å². The molecule has 0 radical (unpaired) electrons. The standard InChI is InChI=1S/C16H21NO2/c1-11-2-7-14(8-15(11)18)16(19)17(9-12-3-4-12)10-13-5-6-13/h2,7-8,12-13,18H,3-6,9-10H2,1H3. The summed E-state index contributed by atoms with van der Waals surface area (Å²) in [5.74, 6) is 1.71. The minimum Gasteiger partial charge on any atom is -0.508 e. The van der Waals surface area contributed by atoms with Gasteiger partial charge < -0.3 is 10.0 Å². The van der Waals surface area contributed by atoms with E-state index in [1.54, 1.807) is 6.07 Å². The smallest absolute Gasteiger partial charge is 0.254 e. The Balaban J connectivity index is 1.74. The highest BCUT2D eigenvalue weighted by molar-refractivity contribution is 5.94. The van der Waals surface area contributed by atoms with Crippen LogP contribution in [-0.4, -0.2) is 29.0 Å². The molecule has 0 heterocycles. The zero-order chi connectivity index (χ0) is 13.4. The lowest BCUT2D eigenvalue weighted by Gasteiger charge is -2.23. The molecular weight excluding hydrogens is 238 g/mol. The number of amides is 1. The maximum atomic E-state index is 12.5. The summed E-state index contributed by atoms with van der Waals surface area (Å²) < 4.78 is 0. The summed E-state index contributed by atoms with van der Waals surface area (Å²) in [4.78, 5) is 14.5. The molecule has 1 N–H and O–H groups in total. The van der Waals surface area contributed by atoms with Crippen molar-refractivity contribution in [1.82, 2.24) is 4.90 Å². The molecular formula is C16H21NO2. The van der Waals surface area contributed by atoms with Gasteiger partial charge in [0, 0.05) is 18.7 Å². The third-order valence-corrected chi connectivity index (χ3v) is 4.09. The van der Waals surface area contributed by atoms with Gasteiger partial charge in [-0.1, -0.05) is 6.07 Å². The molecule has 2 aliphatic rings. The summed E-state index contributed by atoms with van der Waals surface area (Å²) in [6, 6.07) is 5.24. The van der Waals surface area contributed by atoms with Gasteiger partial charge in [-0.2, -0.15) is 0 Å². The minimum absolute atomic E-state index is 0.0779. The van der Waals surface area contributed by atoms with E-state index in [0.717, 1.165) is 18.7 Å². The topological polar surface area (TPSA) is 40.5 Å². The van der Waals surface area contributed by atoms with Gasteiger partial charge in [0.25, 0.3) is 5.91 Å². The molecule has 0 spiro atoms. The summed E-state index contributed by atoms with van der Waals surface area (Å²) in [5, 5.41) is 9.75. The predicted molar refractivity (Wildman–Crippen MR) is 74.2 cm³/mol. The third-order valence-electron chi connectivity index (χ3n) is 4.09. The van der Waals surface area contributed by atoms with Crippen molar-refractivity contribution in [3.63, 3.8) is 0 Å². The monoisotopic (exact) mass is 259 g/mol. The van der Waals surface area contributed by atoms with Gasteiger partial charge >= 0.3 is 0 Å². The Bertz CT molecular complexity index is 476. The van der Waals surface area contributed by atoms with Crippen molar-refractivity contribution in [3.05, 3.63) is 29.3 Å². The number of phenols is 1. The fourth-order valence-corrected chi connectivity index (χ4v) is 2.39. The van der Waals surface area contributed by atoms with Gasteiger partial charge in [-0.15, -0.1) is 0 Å². The number of rotatable bonds is 5. The van der Waals surface area contributed by atoms with E-state index in [0.29, 0.717) is 17.4 Å². The molecule has 19 heavy (non-hydrogen) atoms. The van der Waals surface area contributed by atoms with E-state index in [4.69, 9.17) is 0 Å². The van der Waals surface area contributed by atoms with Crippen LogP contribution in [0, 0.1) is 18.8 Å². The molecule has 0 aromatic heterocycles. The highest BCUT2D eigenvalue weighted by Crippen LogP contribution is 2.34. The van der Waals surface area contributed by atoms with Crippen LogP contribution < -0.4 is 0 Å². The molecule has 2 fully saturated rings. The van der Waals surface area contributed by atoms with E-state index in [9.17, 15) is 9.90 Å². The minimum atomic E-state index is 0.0779. The fourth-order valence-electron chi connectivity index (χ4n) is 2.39. The second-order valence-electron chi connectivity index (χ2n) is 6.10. The summed E-state index contributed by atoms with van der Waals surface area (Å²) in [7, 11) is 0. The van der Waals surface area contributed by atoms with Gasteiger partial charge in [0.15, 0.2) is 0 Å². The van der Waals surface area contributed by atoms with Crippen LogP contribution in [0.4, 0.5) is 0 Å². The summed E-state index contributed by atoms with van der Waals surface area (Å²) in [6.45, 7) is 3.63. The third kappa shape index (κ3) is 3.09. The van der Waals surface area contributed by atoms with Crippen LogP contribution in [0.5, 0.6) is 5.75 Å². The predicted octanol–water partition coefficient (Wildman–Crippen LogP) is 2.96. The molecule has 3 rings (SSSR count). The second kappa shape index (κ2) is 4.87. The van der Waals surface area contributed by atoms with Crippen molar-refractivity contribution in [2.75, 3.05) is 13.1 Å². The molecule has 0 atom stereocenters. The molecule has 102 valence electrons. The number of aryl methyl sites for hydroxylation is 1. The van der Waals surface area contributed by atoms with Crippen molar-refractivity contribution in [2.45, 2.75) is 32.6 Å². The van der Waals surface area contributed by atoms with Crippen molar-refractivity contribution in [2.24, 2.45) is 11.8 Å². The highest BCUT2D eigenvalue weighted by Gasteiger charge is 2.31. The second-order valence-corrected chi connectivity index (χ2v) is 6.10. The lowest BCUT2D eigenvalue weighted by Crippen LogP contribution is -2.34. The molecule has 1 aromatic carbocycles. The van der Waals surface area contributed by atoms with Gasteiger partial charge in [0.05, 0.1) is 0 Å². The SMILES string of the molecule is Cc1ccc(C(=O)N(CC2CC2)CC2CC2)cc1O. The Morgan fingerprint density at radius 2 is 1.79 bits per heavy atom. The van der Waals surface area contributed by atoms with E-state index in [1.807, 2.05) is 24.0 Å². The Labute approximate surface area is 114 Å². The molecule has 1 amide bonds. The molecule has 2 aliphatic carbocycles. The van der Waals surface area contributed by atoms with Crippen LogP contribution in [0.15, 0.2) is 18.2 Å². The highest BCUT2D eigenvalue weighted by atomic mass is 16.3. The Morgan fingerprint density at radius 3 is 2.26 bits per heavy atom. The summed E-state index contributed by atoms with van der Waals surface area (Å²) >= 11 is 0. The average molecular weight is 259 g/mol. The average Bonchev–Trinajstić information content (AvgIpc) is 3.26. The molecule has 1 aromatic rings. The van der Waals surface area contributed by atoms with Gasteiger partial charge in [0.2, 0.25) is 0 Å². The van der Waals surface area contributed by atoms with E-state index in [1.165, 1.54) is 25.7 Å². The van der Waals surface area contributed by atoms with Gasteiger partial charge in [-0.25, -0.2) is 0 Å². The maximum absolute atomic E-state index is 12.5. The van der Waals surface area contributed by atoms with Crippen molar-refractivity contribution in [3.8, 4) is 5.75 Å². The Hall–Kier alpha value is -1.51. The number of phenolic OH excluding ortho intramolecular Hbond substituents is 1. The first-order chi connectivity index (χ1) is 9.13. The number of hydrogen-bond donors (Lipinski definition) is 1. The van der Waals surface area contributed by atoms with Gasteiger partial charge in [0.1, 0.15) is 5.75 Å². The molecule has 2 saturated carbocycles. The van der Waals surface area contributed by atoms with Gasteiger partial charge in [-0.05, 0) is 62.1 Å². The number of aromatic hydroxyl groups is 1. The van der Waals surface area contributed by atoms with Crippen LogP contribution in [0.2, 0.25) is 0 Å². The Kier molecular flexibility index (Phi) is 3.21. The number of nitrogens with zero attached hydrogens (tertiary/aromatic N) is 1. The normalized spacial score (nSPS) is 18.4. The molecule has 3 nitrogen and oxygen atoms in total. The number of hydrogen-bond acceptors (Lipinski definition) is 2. The number of carbonyl (C=O) groups excluding carboxylic acids is 1. The first-order valence-electron chi connectivity index (χ1n) is 7.22. The Morgan fingerprint density at radius 1 is 1.21 bits per heavy atom. The number of carbonyl (C=O) groups is 1. The van der Waals surface area contributed by atoms with Crippen LogP contribution in [0.1, 0.15) is 41.6 Å². The molecule has 0 bridgehead atoms. The van der Waals surface area contributed by atoms with E-state index >= 15 is 0 Å². The molecule has 0 aliphatic heterocycles. The number of benzene rings is 1. The fraction of sp³-hybridized carbons (Fsp3) is 0.562. The zero-order valence-corrected chi connectivity index (χ0v) is 11.4. The van der Waals surface area contributed by atoms with Crippen LogP contribution in [-0.2, 0) is 0 Å². The van der Waals surface area contributed by atoms with Crippen molar-refractivity contribution < 1.29 is 9.90 Å². The van der Waals surface area contributed by atoms with Gasteiger partial charge in [-0.3, -0.25) is 4.79 Å². The largest absolute Gasteiger partial charge is 0.508 e. The zero-order valence-electron chi connectivity index (χ0n) is 11.4. The quantitative estimate of drug-likeness (QED) is 0.883. The first-order valence-corrected chi connectivity index (χ1v) is 7.22. The lowest BCUT2D eigenvalue weighted by molar-refractivity contribution is 0.0739. The van der Waals surface area contributed by atoms with E-state index in [2.05, 4.69) is 0 Å². The summed E-state index contributed by atoms with van der Waals surface area (Å²) in [5.41, 5.74) is 1.43. The van der Waals surface area contributed by atoms with Crippen molar-refractivity contribution >= 4 is 5.91 Å². The van der Waals surface area contributed by atoms with E-state index < -0.39 is 0 Å². The van der Waals surface area contributed by atoms with E-state index in [-0.39, 0.29) is 11.7 Å². The summed E-state index contributed by atoms with van der Waals surface area (Å²) in [6.07, 6.45) is 5.03. The molecule has 3 heteroatoms. The van der Waals surface area contributed by atoms with Crippen LogP contribution in [0.3, 0.4) is 0 Å². The molecule has 0 saturated heterocycles. The maximum Gasteiger partial charge on any atom is 0.254 e. The first kappa shape index (κ1) is 12.5. The van der Waals surface area contributed by atoms with Crippen molar-refractivity contribution in [1.29, 1.82) is 0 Å². The lowest BCUT2D eigenvalue weighted by atomic mass is 10.1. The van der Waals surface area contributed by atoms with Crippen LogP contribution >= 0.6 is 0 Å².